The highest BCUT2D eigenvalue weighted by Gasteiger charge is 2.26. The van der Waals surface area contributed by atoms with E-state index in [1.807, 2.05) is 30.3 Å². The van der Waals surface area contributed by atoms with Crippen molar-refractivity contribution in [3.8, 4) is 0 Å². The van der Waals surface area contributed by atoms with E-state index in [0.29, 0.717) is 17.3 Å². The van der Waals surface area contributed by atoms with E-state index >= 15 is 0 Å². The lowest BCUT2D eigenvalue weighted by Crippen LogP contribution is -2.19. The van der Waals surface area contributed by atoms with E-state index in [-0.39, 0.29) is 5.03 Å². The molecular formula is C16H11N7O3S. The Balaban J connectivity index is 1.76. The van der Waals surface area contributed by atoms with E-state index < -0.39 is 16.2 Å². The van der Waals surface area contributed by atoms with Gasteiger partial charge in [0, 0.05) is 6.20 Å². The maximum atomic E-state index is 12.5. The molecule has 0 fully saturated rings. The van der Waals surface area contributed by atoms with Gasteiger partial charge in [0.05, 0.1) is 11.5 Å². The second-order valence-electron chi connectivity index (χ2n) is 5.46. The standard InChI is InChI=1S/C16H11N7O3S/c24-15-13(23(25)26)14(17-12-8-4-5-9-21(12)15)27-16-18-19-20-22(16)10-11-6-2-1-3-7-11/h1-9H,10H2. The third-order valence-electron chi connectivity index (χ3n) is 3.72. The summed E-state index contributed by atoms with van der Waals surface area (Å²) in [7, 11) is 0. The summed E-state index contributed by atoms with van der Waals surface area (Å²) in [6.45, 7) is 0.385. The summed E-state index contributed by atoms with van der Waals surface area (Å²) in [6.07, 6.45) is 1.44. The van der Waals surface area contributed by atoms with Gasteiger partial charge in [-0.1, -0.05) is 36.4 Å². The number of hydrogen-bond donors (Lipinski definition) is 0. The van der Waals surface area contributed by atoms with Crippen LogP contribution in [-0.2, 0) is 6.54 Å². The highest BCUT2D eigenvalue weighted by atomic mass is 32.2. The number of rotatable bonds is 5. The number of aromatic nitrogens is 6. The van der Waals surface area contributed by atoms with Crippen LogP contribution in [0.25, 0.3) is 5.65 Å². The molecule has 27 heavy (non-hydrogen) atoms. The molecule has 134 valence electrons. The van der Waals surface area contributed by atoms with Gasteiger partial charge in [-0.25, -0.2) is 9.67 Å². The number of nitro groups is 1. The fourth-order valence-electron chi connectivity index (χ4n) is 2.50. The Labute approximate surface area is 155 Å². The molecule has 3 aromatic heterocycles. The maximum Gasteiger partial charge on any atom is 0.366 e. The molecule has 4 rings (SSSR count). The Morgan fingerprint density at radius 1 is 1.11 bits per heavy atom. The van der Waals surface area contributed by atoms with E-state index in [1.54, 1.807) is 18.2 Å². The van der Waals surface area contributed by atoms with Gasteiger partial charge in [0.1, 0.15) is 5.65 Å². The first kappa shape index (κ1) is 16.8. The fourth-order valence-corrected chi connectivity index (χ4v) is 3.35. The predicted octanol–water partition coefficient (Wildman–Crippen LogP) is 1.79. The first-order valence-corrected chi connectivity index (χ1v) is 8.59. The van der Waals surface area contributed by atoms with Gasteiger partial charge in [-0.3, -0.25) is 19.3 Å². The van der Waals surface area contributed by atoms with E-state index in [9.17, 15) is 14.9 Å². The zero-order chi connectivity index (χ0) is 18.8. The summed E-state index contributed by atoms with van der Waals surface area (Å²) in [4.78, 5) is 27.5. The van der Waals surface area contributed by atoms with Crippen LogP contribution in [0.4, 0.5) is 5.69 Å². The molecule has 11 heteroatoms. The van der Waals surface area contributed by atoms with E-state index in [1.165, 1.54) is 10.9 Å². The molecule has 0 atom stereocenters. The van der Waals surface area contributed by atoms with Gasteiger partial charge >= 0.3 is 11.2 Å². The van der Waals surface area contributed by atoms with Crippen LogP contribution in [0.2, 0.25) is 0 Å². The monoisotopic (exact) mass is 381 g/mol. The molecule has 0 amide bonds. The summed E-state index contributed by atoms with van der Waals surface area (Å²) >= 11 is 0.885. The van der Waals surface area contributed by atoms with Gasteiger partial charge in [0.25, 0.3) is 0 Å². The molecule has 1 aromatic carbocycles. The molecule has 0 saturated heterocycles. The first-order chi connectivity index (χ1) is 13.1. The quantitative estimate of drug-likeness (QED) is 0.291. The Bertz CT molecular complexity index is 1190. The van der Waals surface area contributed by atoms with Crippen molar-refractivity contribution in [2.75, 3.05) is 0 Å². The first-order valence-electron chi connectivity index (χ1n) is 7.77. The van der Waals surface area contributed by atoms with Crippen molar-refractivity contribution in [3.05, 3.63) is 80.8 Å². The Kier molecular flexibility index (Phi) is 4.34. The maximum absolute atomic E-state index is 12.5. The Morgan fingerprint density at radius 2 is 1.89 bits per heavy atom. The normalized spacial score (nSPS) is 11.0. The largest absolute Gasteiger partial charge is 0.366 e. The van der Waals surface area contributed by atoms with Crippen LogP contribution >= 0.6 is 11.8 Å². The minimum Gasteiger partial charge on any atom is -0.262 e. The third-order valence-corrected chi connectivity index (χ3v) is 4.68. The average molecular weight is 381 g/mol. The molecule has 0 aliphatic heterocycles. The molecule has 4 aromatic rings. The lowest BCUT2D eigenvalue weighted by Gasteiger charge is -2.06. The highest BCUT2D eigenvalue weighted by molar-refractivity contribution is 7.99. The van der Waals surface area contributed by atoms with Crippen molar-refractivity contribution >= 4 is 23.1 Å². The number of benzene rings is 1. The van der Waals surface area contributed by atoms with E-state index in [4.69, 9.17) is 0 Å². The van der Waals surface area contributed by atoms with Crippen molar-refractivity contribution in [2.45, 2.75) is 16.7 Å². The molecule has 0 N–H and O–H groups in total. The van der Waals surface area contributed by atoms with Crippen LogP contribution in [0.15, 0.2) is 69.7 Å². The molecule has 0 radical (unpaired) electrons. The molecule has 0 spiro atoms. The molecule has 10 nitrogen and oxygen atoms in total. The smallest absolute Gasteiger partial charge is 0.262 e. The lowest BCUT2D eigenvalue weighted by molar-refractivity contribution is -0.389. The van der Waals surface area contributed by atoms with Crippen LogP contribution in [-0.4, -0.2) is 34.5 Å². The topological polar surface area (TPSA) is 121 Å². The number of pyridine rings is 1. The molecule has 0 aliphatic rings. The summed E-state index contributed by atoms with van der Waals surface area (Å²) in [5.41, 5.74) is -0.0986. The van der Waals surface area contributed by atoms with Gasteiger partial charge in [0.15, 0.2) is 5.03 Å². The van der Waals surface area contributed by atoms with Gasteiger partial charge in [-0.2, -0.15) is 0 Å². The number of nitrogens with zero attached hydrogens (tertiary/aromatic N) is 7. The van der Waals surface area contributed by atoms with Crippen molar-refractivity contribution in [1.29, 1.82) is 0 Å². The van der Waals surface area contributed by atoms with Crippen LogP contribution in [0.5, 0.6) is 0 Å². The fraction of sp³-hybridized carbons (Fsp3) is 0.0625. The van der Waals surface area contributed by atoms with Crippen molar-refractivity contribution < 1.29 is 4.92 Å². The second-order valence-corrected chi connectivity index (χ2v) is 6.42. The SMILES string of the molecule is O=c1c([N+](=O)[O-])c(Sc2nnnn2Cc2ccccc2)nc2ccccn12. The average Bonchev–Trinajstić information content (AvgIpc) is 3.09. The summed E-state index contributed by atoms with van der Waals surface area (Å²) in [5.74, 6) is 0. The van der Waals surface area contributed by atoms with Crippen LogP contribution in [0.3, 0.4) is 0 Å². The molecule has 0 aliphatic carbocycles. The minimum atomic E-state index is -0.754. The second kappa shape index (κ2) is 6.96. The Morgan fingerprint density at radius 3 is 2.67 bits per heavy atom. The predicted molar refractivity (Wildman–Crippen MR) is 95.6 cm³/mol. The van der Waals surface area contributed by atoms with Gasteiger partial charge in [0.2, 0.25) is 5.16 Å². The van der Waals surface area contributed by atoms with Crippen LogP contribution in [0.1, 0.15) is 5.56 Å². The van der Waals surface area contributed by atoms with Gasteiger partial charge in [-0.05, 0) is 39.9 Å². The van der Waals surface area contributed by atoms with Gasteiger partial charge < -0.3 is 0 Å². The zero-order valence-corrected chi connectivity index (χ0v) is 14.5. The molecule has 0 bridgehead atoms. The molecule has 0 saturated carbocycles. The van der Waals surface area contributed by atoms with E-state index in [2.05, 4.69) is 20.5 Å². The van der Waals surface area contributed by atoms with Crippen LogP contribution in [0, 0.1) is 10.1 Å². The molecule has 0 unspecified atom stereocenters. The van der Waals surface area contributed by atoms with E-state index in [0.717, 1.165) is 21.7 Å². The Hall–Kier alpha value is -3.60. The third kappa shape index (κ3) is 3.27. The lowest BCUT2D eigenvalue weighted by atomic mass is 10.2. The van der Waals surface area contributed by atoms with Gasteiger partial charge in [-0.15, -0.1) is 5.10 Å². The summed E-state index contributed by atoms with van der Waals surface area (Å²) < 4.78 is 2.63. The van der Waals surface area contributed by atoms with Crippen molar-refractivity contribution in [2.24, 2.45) is 0 Å². The summed E-state index contributed by atoms with van der Waals surface area (Å²) in [5, 5.41) is 23.2. The summed E-state index contributed by atoms with van der Waals surface area (Å²) in [6, 6.07) is 14.4. The number of hydrogen-bond acceptors (Lipinski definition) is 8. The van der Waals surface area contributed by atoms with Crippen molar-refractivity contribution in [1.82, 2.24) is 29.6 Å². The highest BCUT2D eigenvalue weighted by Crippen LogP contribution is 2.30. The zero-order valence-electron chi connectivity index (χ0n) is 13.7. The van der Waals surface area contributed by atoms with Crippen molar-refractivity contribution in [3.63, 3.8) is 0 Å². The van der Waals surface area contributed by atoms with Crippen LogP contribution < -0.4 is 5.56 Å². The number of fused-ring (bicyclic) bond motifs is 1. The minimum absolute atomic E-state index is 0.0553. The molecular weight excluding hydrogens is 370 g/mol. The number of tetrazole rings is 1. The molecule has 3 heterocycles.